The molecule has 0 fully saturated rings. The van der Waals surface area contributed by atoms with Gasteiger partial charge in [0.15, 0.2) is 0 Å². The monoisotopic (exact) mass is 357 g/mol. The van der Waals surface area contributed by atoms with Crippen molar-refractivity contribution in [3.63, 3.8) is 0 Å². The van der Waals surface area contributed by atoms with E-state index >= 15 is 0 Å². The molecule has 0 amide bonds. The third kappa shape index (κ3) is 4.11. The molecular formula is C25H27NO. The lowest BCUT2D eigenvalue weighted by molar-refractivity contribution is 0.452. The van der Waals surface area contributed by atoms with Crippen molar-refractivity contribution < 1.29 is 5.11 Å². The second-order valence-electron chi connectivity index (χ2n) is 7.69. The van der Waals surface area contributed by atoms with Crippen LogP contribution in [0.1, 0.15) is 44.4 Å². The molecule has 2 heteroatoms. The summed E-state index contributed by atoms with van der Waals surface area (Å²) in [4.78, 5) is 4.50. The zero-order valence-corrected chi connectivity index (χ0v) is 16.5. The van der Waals surface area contributed by atoms with Crippen molar-refractivity contribution in [2.24, 2.45) is 4.99 Å². The fourth-order valence-corrected chi connectivity index (χ4v) is 3.27. The standard InChI is InChI=1S/C25H27NO/c1-18(2)26-17-21-15-20(19-11-7-5-8-12-19)16-23(24(21)27)25(3,4)22-13-9-6-10-14-22/h5-18,27H,1-4H3. The maximum Gasteiger partial charge on any atom is 0.128 e. The van der Waals surface area contributed by atoms with Crippen LogP contribution >= 0.6 is 0 Å². The van der Waals surface area contributed by atoms with Crippen LogP contribution in [0.5, 0.6) is 5.75 Å². The first-order valence-corrected chi connectivity index (χ1v) is 9.41. The highest BCUT2D eigenvalue weighted by atomic mass is 16.3. The molecular weight excluding hydrogens is 330 g/mol. The molecule has 3 aromatic carbocycles. The second-order valence-corrected chi connectivity index (χ2v) is 7.69. The fourth-order valence-electron chi connectivity index (χ4n) is 3.27. The van der Waals surface area contributed by atoms with Gasteiger partial charge in [-0.15, -0.1) is 0 Å². The van der Waals surface area contributed by atoms with Gasteiger partial charge in [-0.3, -0.25) is 4.99 Å². The zero-order valence-electron chi connectivity index (χ0n) is 16.5. The highest BCUT2D eigenvalue weighted by Gasteiger charge is 2.28. The number of phenolic OH excluding ortho intramolecular Hbond substituents is 1. The molecule has 0 radical (unpaired) electrons. The first-order valence-electron chi connectivity index (χ1n) is 9.41. The summed E-state index contributed by atoms with van der Waals surface area (Å²) in [5.41, 5.74) is 4.69. The molecule has 3 rings (SSSR count). The molecule has 138 valence electrons. The summed E-state index contributed by atoms with van der Waals surface area (Å²) >= 11 is 0. The highest BCUT2D eigenvalue weighted by molar-refractivity contribution is 5.87. The van der Waals surface area contributed by atoms with Crippen LogP contribution in [0, 0.1) is 0 Å². The van der Waals surface area contributed by atoms with Crippen molar-refractivity contribution in [1.29, 1.82) is 0 Å². The Balaban J connectivity index is 2.22. The normalized spacial score (nSPS) is 12.0. The van der Waals surface area contributed by atoms with E-state index in [1.807, 2.05) is 56.3 Å². The van der Waals surface area contributed by atoms with E-state index in [0.29, 0.717) is 5.75 Å². The van der Waals surface area contributed by atoms with Gasteiger partial charge < -0.3 is 5.11 Å². The molecule has 0 aliphatic carbocycles. The van der Waals surface area contributed by atoms with Gasteiger partial charge in [-0.05, 0) is 42.7 Å². The summed E-state index contributed by atoms with van der Waals surface area (Å²) < 4.78 is 0. The minimum Gasteiger partial charge on any atom is -0.507 e. The van der Waals surface area contributed by atoms with E-state index in [-0.39, 0.29) is 11.5 Å². The number of phenols is 1. The number of hydrogen-bond acceptors (Lipinski definition) is 2. The first-order chi connectivity index (χ1) is 12.9. The Kier molecular flexibility index (Phi) is 5.46. The largest absolute Gasteiger partial charge is 0.507 e. The van der Waals surface area contributed by atoms with E-state index < -0.39 is 0 Å². The van der Waals surface area contributed by atoms with Gasteiger partial charge in [0, 0.05) is 28.8 Å². The molecule has 0 atom stereocenters. The summed E-state index contributed by atoms with van der Waals surface area (Å²) in [6.45, 7) is 8.36. The Bertz CT molecular complexity index is 925. The van der Waals surface area contributed by atoms with Gasteiger partial charge in [-0.2, -0.15) is 0 Å². The molecule has 0 saturated heterocycles. The van der Waals surface area contributed by atoms with Crippen LogP contribution in [-0.2, 0) is 5.41 Å². The van der Waals surface area contributed by atoms with Gasteiger partial charge in [0.25, 0.3) is 0 Å². The van der Waals surface area contributed by atoms with Crippen molar-refractivity contribution in [3.05, 3.63) is 89.5 Å². The van der Waals surface area contributed by atoms with Crippen LogP contribution < -0.4 is 0 Å². The van der Waals surface area contributed by atoms with E-state index in [2.05, 4.69) is 49.2 Å². The lowest BCUT2D eigenvalue weighted by Crippen LogP contribution is -2.19. The van der Waals surface area contributed by atoms with Gasteiger partial charge in [-0.1, -0.05) is 74.5 Å². The average molecular weight is 357 g/mol. The molecule has 0 heterocycles. The lowest BCUT2D eigenvalue weighted by atomic mass is 9.76. The summed E-state index contributed by atoms with van der Waals surface area (Å²) in [6.07, 6.45) is 1.79. The summed E-state index contributed by atoms with van der Waals surface area (Å²) in [6, 6.07) is 24.9. The van der Waals surface area contributed by atoms with Crippen molar-refractivity contribution >= 4 is 6.21 Å². The van der Waals surface area contributed by atoms with Crippen LogP contribution in [-0.4, -0.2) is 17.4 Å². The molecule has 1 N–H and O–H groups in total. The Morgan fingerprint density at radius 3 is 2.04 bits per heavy atom. The number of rotatable bonds is 5. The molecule has 0 saturated carbocycles. The SMILES string of the molecule is CC(C)N=Cc1cc(-c2ccccc2)cc(C(C)(C)c2ccccc2)c1O. The molecule has 0 aliphatic heterocycles. The highest BCUT2D eigenvalue weighted by Crippen LogP contribution is 2.40. The molecule has 0 spiro atoms. The third-order valence-corrected chi connectivity index (χ3v) is 4.93. The Morgan fingerprint density at radius 1 is 0.852 bits per heavy atom. The van der Waals surface area contributed by atoms with Crippen molar-refractivity contribution in [1.82, 2.24) is 0 Å². The molecule has 27 heavy (non-hydrogen) atoms. The number of aromatic hydroxyl groups is 1. The van der Waals surface area contributed by atoms with Gasteiger partial charge in [0.1, 0.15) is 5.75 Å². The minimum absolute atomic E-state index is 0.176. The molecule has 3 aromatic rings. The predicted molar refractivity (Wildman–Crippen MR) is 115 cm³/mol. The first kappa shape index (κ1) is 18.9. The zero-order chi connectivity index (χ0) is 19.4. The van der Waals surface area contributed by atoms with E-state index in [0.717, 1.165) is 27.8 Å². The second kappa shape index (κ2) is 7.79. The molecule has 0 aliphatic rings. The topological polar surface area (TPSA) is 32.6 Å². The van der Waals surface area contributed by atoms with Crippen LogP contribution in [0.4, 0.5) is 0 Å². The smallest absolute Gasteiger partial charge is 0.128 e. The average Bonchev–Trinajstić information content (AvgIpc) is 2.68. The maximum atomic E-state index is 11.1. The summed E-state index contributed by atoms with van der Waals surface area (Å²) in [5, 5.41) is 11.1. The minimum atomic E-state index is -0.337. The van der Waals surface area contributed by atoms with Crippen LogP contribution in [0.25, 0.3) is 11.1 Å². The fraction of sp³-hybridized carbons (Fsp3) is 0.240. The Hall–Kier alpha value is -2.87. The summed E-state index contributed by atoms with van der Waals surface area (Å²) in [5.74, 6) is 0.299. The lowest BCUT2D eigenvalue weighted by Gasteiger charge is -2.28. The predicted octanol–water partition coefficient (Wildman–Crippen LogP) is 6.21. The number of benzene rings is 3. The van der Waals surface area contributed by atoms with Gasteiger partial charge >= 0.3 is 0 Å². The van der Waals surface area contributed by atoms with Crippen molar-refractivity contribution in [3.8, 4) is 16.9 Å². The molecule has 0 unspecified atom stereocenters. The van der Waals surface area contributed by atoms with Crippen LogP contribution in [0.2, 0.25) is 0 Å². The number of aliphatic imine (C=N–C) groups is 1. The van der Waals surface area contributed by atoms with Gasteiger partial charge in [0.05, 0.1) is 0 Å². The molecule has 0 bridgehead atoms. The Labute approximate surface area is 162 Å². The molecule has 0 aromatic heterocycles. The summed E-state index contributed by atoms with van der Waals surface area (Å²) in [7, 11) is 0. The Morgan fingerprint density at radius 2 is 1.44 bits per heavy atom. The van der Waals surface area contributed by atoms with Crippen molar-refractivity contribution in [2.45, 2.75) is 39.2 Å². The van der Waals surface area contributed by atoms with E-state index in [9.17, 15) is 5.11 Å². The third-order valence-electron chi connectivity index (χ3n) is 4.93. The van der Waals surface area contributed by atoms with Crippen LogP contribution in [0.15, 0.2) is 77.8 Å². The molecule has 2 nitrogen and oxygen atoms in total. The maximum absolute atomic E-state index is 11.1. The van der Waals surface area contributed by atoms with E-state index in [1.54, 1.807) is 6.21 Å². The number of hydrogen-bond donors (Lipinski definition) is 1. The van der Waals surface area contributed by atoms with Gasteiger partial charge in [-0.25, -0.2) is 0 Å². The number of nitrogens with zero attached hydrogens (tertiary/aromatic N) is 1. The van der Waals surface area contributed by atoms with Crippen LogP contribution in [0.3, 0.4) is 0 Å². The van der Waals surface area contributed by atoms with Gasteiger partial charge in [0.2, 0.25) is 0 Å². The van der Waals surface area contributed by atoms with E-state index in [4.69, 9.17) is 0 Å². The quantitative estimate of drug-likeness (QED) is 0.541. The van der Waals surface area contributed by atoms with E-state index in [1.165, 1.54) is 0 Å². The van der Waals surface area contributed by atoms with Crippen molar-refractivity contribution in [2.75, 3.05) is 0 Å².